The fraction of sp³-hybridized carbons (Fsp3) is 0. The summed E-state index contributed by atoms with van der Waals surface area (Å²) < 4.78 is 0. The number of H-pyrrole nitrogens is 1. The minimum Gasteiger partial charge on any atom is -0.346 e. The second-order valence-corrected chi connectivity index (χ2v) is 3.81. The monoisotopic (exact) mass is 234 g/mol. The lowest BCUT2D eigenvalue weighted by atomic mass is 10.2. The van der Waals surface area contributed by atoms with Crippen molar-refractivity contribution in [3.8, 4) is 12.3 Å². The molecule has 0 aliphatic heterocycles. The number of anilines is 2. The molecule has 18 heavy (non-hydrogen) atoms. The van der Waals surface area contributed by atoms with Crippen molar-refractivity contribution in [2.45, 2.75) is 0 Å². The summed E-state index contributed by atoms with van der Waals surface area (Å²) in [5.74, 6) is 3.37. The highest BCUT2D eigenvalue weighted by Crippen LogP contribution is 2.22. The van der Waals surface area contributed by atoms with Gasteiger partial charge >= 0.3 is 0 Å². The molecule has 2 N–H and O–H groups in total. The van der Waals surface area contributed by atoms with Crippen LogP contribution in [-0.4, -0.2) is 15.0 Å². The van der Waals surface area contributed by atoms with Crippen LogP contribution in [0.25, 0.3) is 11.0 Å². The molecule has 0 atom stereocenters. The van der Waals surface area contributed by atoms with Crippen LogP contribution in [0, 0.1) is 12.3 Å². The predicted molar refractivity (Wildman–Crippen MR) is 71.5 cm³/mol. The summed E-state index contributed by atoms with van der Waals surface area (Å²) >= 11 is 0. The lowest BCUT2D eigenvalue weighted by molar-refractivity contribution is 1.20. The summed E-state index contributed by atoms with van der Waals surface area (Å²) in [6.45, 7) is 0. The standard InChI is InChI=1S/C14H10N4/c1-2-10-4-3-5-11(8-10)18-14-12-6-7-15-13(12)16-9-17-14/h1,3-9H,(H2,15,16,17,18). The van der Waals surface area contributed by atoms with Crippen LogP contribution in [0.15, 0.2) is 42.9 Å². The van der Waals surface area contributed by atoms with Crippen molar-refractivity contribution in [2.24, 2.45) is 0 Å². The Hall–Kier alpha value is -2.80. The summed E-state index contributed by atoms with van der Waals surface area (Å²) in [5, 5.41) is 4.19. The zero-order valence-electron chi connectivity index (χ0n) is 9.51. The zero-order valence-corrected chi connectivity index (χ0v) is 9.51. The molecule has 3 aromatic rings. The molecule has 2 heterocycles. The van der Waals surface area contributed by atoms with Gasteiger partial charge in [0.25, 0.3) is 0 Å². The van der Waals surface area contributed by atoms with E-state index >= 15 is 0 Å². The quantitative estimate of drug-likeness (QED) is 0.670. The lowest BCUT2D eigenvalue weighted by Gasteiger charge is -2.06. The average molecular weight is 234 g/mol. The predicted octanol–water partition coefficient (Wildman–Crippen LogP) is 2.68. The molecular formula is C14H10N4. The van der Waals surface area contributed by atoms with Crippen molar-refractivity contribution in [2.75, 3.05) is 5.32 Å². The van der Waals surface area contributed by atoms with Gasteiger partial charge in [0.15, 0.2) is 0 Å². The van der Waals surface area contributed by atoms with E-state index in [1.807, 2.05) is 36.5 Å². The van der Waals surface area contributed by atoms with Crippen molar-refractivity contribution in [3.63, 3.8) is 0 Å². The summed E-state index contributed by atoms with van der Waals surface area (Å²) in [7, 11) is 0. The Bertz CT molecular complexity index is 737. The third kappa shape index (κ3) is 1.78. The summed E-state index contributed by atoms with van der Waals surface area (Å²) in [5.41, 5.74) is 2.55. The largest absolute Gasteiger partial charge is 0.346 e. The van der Waals surface area contributed by atoms with Crippen LogP contribution in [-0.2, 0) is 0 Å². The number of aromatic amines is 1. The van der Waals surface area contributed by atoms with Crippen LogP contribution < -0.4 is 5.32 Å². The number of benzene rings is 1. The van der Waals surface area contributed by atoms with Crippen LogP contribution in [0.3, 0.4) is 0 Å². The van der Waals surface area contributed by atoms with E-state index in [-0.39, 0.29) is 0 Å². The van der Waals surface area contributed by atoms with Crippen LogP contribution in [0.1, 0.15) is 5.56 Å². The van der Waals surface area contributed by atoms with E-state index in [2.05, 4.69) is 26.2 Å². The van der Waals surface area contributed by atoms with Crippen molar-refractivity contribution < 1.29 is 0 Å². The van der Waals surface area contributed by atoms with Gasteiger partial charge in [0.2, 0.25) is 0 Å². The maximum Gasteiger partial charge on any atom is 0.143 e. The number of fused-ring (bicyclic) bond motifs is 1. The highest BCUT2D eigenvalue weighted by Gasteiger charge is 2.04. The van der Waals surface area contributed by atoms with Crippen molar-refractivity contribution >= 4 is 22.5 Å². The molecule has 0 amide bonds. The van der Waals surface area contributed by atoms with Gasteiger partial charge in [-0.1, -0.05) is 12.0 Å². The minimum atomic E-state index is 0.760. The minimum absolute atomic E-state index is 0.760. The number of hydrogen-bond donors (Lipinski definition) is 2. The molecule has 0 aliphatic carbocycles. The fourth-order valence-corrected chi connectivity index (χ4v) is 1.80. The first kappa shape index (κ1) is 10.4. The second-order valence-electron chi connectivity index (χ2n) is 3.81. The highest BCUT2D eigenvalue weighted by molar-refractivity contribution is 5.88. The van der Waals surface area contributed by atoms with Crippen LogP contribution >= 0.6 is 0 Å². The van der Waals surface area contributed by atoms with Gasteiger partial charge in [-0.15, -0.1) is 6.42 Å². The van der Waals surface area contributed by atoms with Crippen molar-refractivity contribution in [1.29, 1.82) is 0 Å². The Morgan fingerprint density at radius 3 is 3.06 bits per heavy atom. The molecule has 0 unspecified atom stereocenters. The molecule has 4 nitrogen and oxygen atoms in total. The van der Waals surface area contributed by atoms with Crippen LogP contribution in [0.4, 0.5) is 11.5 Å². The van der Waals surface area contributed by atoms with E-state index in [0.717, 1.165) is 28.1 Å². The van der Waals surface area contributed by atoms with Gasteiger partial charge < -0.3 is 10.3 Å². The average Bonchev–Trinajstić information content (AvgIpc) is 2.88. The molecule has 0 fully saturated rings. The number of nitrogens with zero attached hydrogens (tertiary/aromatic N) is 2. The normalized spacial score (nSPS) is 10.2. The summed E-state index contributed by atoms with van der Waals surface area (Å²) in [4.78, 5) is 11.4. The molecule has 0 spiro atoms. The van der Waals surface area contributed by atoms with Crippen molar-refractivity contribution in [1.82, 2.24) is 15.0 Å². The third-order valence-corrected chi connectivity index (χ3v) is 2.65. The van der Waals surface area contributed by atoms with E-state index in [1.54, 1.807) is 0 Å². The first-order valence-electron chi connectivity index (χ1n) is 5.48. The van der Waals surface area contributed by atoms with Gasteiger partial charge in [-0.25, -0.2) is 9.97 Å². The van der Waals surface area contributed by atoms with Gasteiger partial charge in [0.1, 0.15) is 17.8 Å². The molecular weight excluding hydrogens is 224 g/mol. The van der Waals surface area contributed by atoms with Crippen molar-refractivity contribution in [3.05, 3.63) is 48.4 Å². The highest BCUT2D eigenvalue weighted by atomic mass is 15.0. The Balaban J connectivity index is 2.01. The molecule has 0 radical (unpaired) electrons. The molecule has 4 heteroatoms. The maximum atomic E-state index is 5.38. The summed E-state index contributed by atoms with van der Waals surface area (Å²) in [6, 6.07) is 9.58. The van der Waals surface area contributed by atoms with Crippen LogP contribution in [0.5, 0.6) is 0 Å². The van der Waals surface area contributed by atoms with E-state index in [1.165, 1.54) is 6.33 Å². The Kier molecular flexibility index (Phi) is 2.43. The lowest BCUT2D eigenvalue weighted by Crippen LogP contribution is -1.95. The van der Waals surface area contributed by atoms with E-state index < -0.39 is 0 Å². The molecule has 3 rings (SSSR count). The molecule has 1 aromatic carbocycles. The molecule has 0 aliphatic rings. The van der Waals surface area contributed by atoms with E-state index in [0.29, 0.717) is 0 Å². The Morgan fingerprint density at radius 1 is 1.22 bits per heavy atom. The first-order chi connectivity index (χ1) is 8.86. The Labute approximate surface area is 104 Å². The summed E-state index contributed by atoms with van der Waals surface area (Å²) in [6.07, 6.45) is 8.73. The number of hydrogen-bond acceptors (Lipinski definition) is 3. The smallest absolute Gasteiger partial charge is 0.143 e. The number of nitrogens with one attached hydrogen (secondary N) is 2. The zero-order chi connectivity index (χ0) is 12.4. The maximum absolute atomic E-state index is 5.38. The van der Waals surface area contributed by atoms with Gasteiger partial charge in [-0.05, 0) is 24.3 Å². The fourth-order valence-electron chi connectivity index (χ4n) is 1.80. The topological polar surface area (TPSA) is 53.6 Å². The van der Waals surface area contributed by atoms with E-state index in [9.17, 15) is 0 Å². The third-order valence-electron chi connectivity index (χ3n) is 2.65. The molecule has 2 aromatic heterocycles. The SMILES string of the molecule is C#Cc1cccc(Nc2ncnc3[nH]ccc23)c1. The van der Waals surface area contributed by atoms with Gasteiger partial charge in [0.05, 0.1) is 5.39 Å². The number of aromatic nitrogens is 3. The van der Waals surface area contributed by atoms with E-state index in [4.69, 9.17) is 6.42 Å². The number of terminal acetylenes is 1. The molecule has 0 saturated carbocycles. The van der Waals surface area contributed by atoms with Gasteiger partial charge in [-0.2, -0.15) is 0 Å². The van der Waals surface area contributed by atoms with Gasteiger partial charge in [0, 0.05) is 17.4 Å². The van der Waals surface area contributed by atoms with Crippen LogP contribution in [0.2, 0.25) is 0 Å². The number of rotatable bonds is 2. The second kappa shape index (κ2) is 4.22. The Morgan fingerprint density at radius 2 is 2.17 bits per heavy atom. The molecule has 86 valence electrons. The molecule has 0 saturated heterocycles. The molecule has 0 bridgehead atoms. The van der Waals surface area contributed by atoms with Gasteiger partial charge in [-0.3, -0.25) is 0 Å². The first-order valence-corrected chi connectivity index (χ1v) is 5.48.